The van der Waals surface area contributed by atoms with E-state index in [0.717, 1.165) is 23.2 Å². The molecule has 16 heavy (non-hydrogen) atoms. The zero-order valence-corrected chi connectivity index (χ0v) is 11.1. The standard InChI is InChI=1S/C12H15BrN2O/c1-9-7-10(13)3-4-11(9)15-6-5-14(2)12(16)8-15/h3-4,7H,5-6,8H2,1-2H3. The Morgan fingerprint density at radius 2 is 2.06 bits per heavy atom. The topological polar surface area (TPSA) is 23.6 Å². The Kier molecular flexibility index (Phi) is 3.19. The Morgan fingerprint density at radius 3 is 2.69 bits per heavy atom. The second-order valence-electron chi connectivity index (χ2n) is 4.17. The van der Waals surface area contributed by atoms with Crippen molar-refractivity contribution in [3.05, 3.63) is 28.2 Å². The number of likely N-dealkylation sites (N-methyl/N-ethyl adjacent to an activating group) is 1. The molecule has 4 heteroatoms. The molecule has 0 atom stereocenters. The van der Waals surface area contributed by atoms with Gasteiger partial charge in [0.15, 0.2) is 0 Å². The third kappa shape index (κ3) is 2.21. The molecule has 0 unspecified atom stereocenters. The van der Waals surface area contributed by atoms with E-state index < -0.39 is 0 Å². The van der Waals surface area contributed by atoms with Gasteiger partial charge in [0.2, 0.25) is 5.91 Å². The van der Waals surface area contributed by atoms with Crippen molar-refractivity contribution in [3.8, 4) is 0 Å². The first kappa shape index (κ1) is 11.5. The molecule has 1 fully saturated rings. The molecule has 0 spiro atoms. The highest BCUT2D eigenvalue weighted by Gasteiger charge is 2.21. The molecule has 1 heterocycles. The predicted molar refractivity (Wildman–Crippen MR) is 68.7 cm³/mol. The van der Waals surface area contributed by atoms with E-state index in [2.05, 4.69) is 39.9 Å². The van der Waals surface area contributed by atoms with Crippen LogP contribution in [0.2, 0.25) is 0 Å². The molecule has 0 saturated carbocycles. The molecule has 1 aromatic carbocycles. The van der Waals surface area contributed by atoms with E-state index in [-0.39, 0.29) is 5.91 Å². The zero-order chi connectivity index (χ0) is 11.7. The molecule has 0 N–H and O–H groups in total. The van der Waals surface area contributed by atoms with E-state index in [1.807, 2.05) is 13.1 Å². The molecular formula is C12H15BrN2O. The number of rotatable bonds is 1. The van der Waals surface area contributed by atoms with Gasteiger partial charge in [0.05, 0.1) is 6.54 Å². The summed E-state index contributed by atoms with van der Waals surface area (Å²) in [4.78, 5) is 15.6. The number of carbonyl (C=O) groups is 1. The third-order valence-electron chi connectivity index (χ3n) is 2.96. The maximum absolute atomic E-state index is 11.6. The lowest BCUT2D eigenvalue weighted by molar-refractivity contribution is -0.129. The number of anilines is 1. The van der Waals surface area contributed by atoms with Gasteiger partial charge in [-0.05, 0) is 30.7 Å². The summed E-state index contributed by atoms with van der Waals surface area (Å²) in [6.45, 7) is 4.26. The van der Waals surface area contributed by atoms with Crippen LogP contribution in [0, 0.1) is 6.92 Å². The summed E-state index contributed by atoms with van der Waals surface area (Å²) < 4.78 is 1.08. The maximum Gasteiger partial charge on any atom is 0.241 e. The van der Waals surface area contributed by atoms with Crippen LogP contribution >= 0.6 is 15.9 Å². The van der Waals surface area contributed by atoms with Gasteiger partial charge in [-0.25, -0.2) is 0 Å². The average Bonchev–Trinajstić information content (AvgIpc) is 2.22. The average molecular weight is 283 g/mol. The molecule has 1 amide bonds. The second-order valence-corrected chi connectivity index (χ2v) is 5.08. The monoisotopic (exact) mass is 282 g/mol. The number of piperazine rings is 1. The minimum Gasteiger partial charge on any atom is -0.360 e. The summed E-state index contributed by atoms with van der Waals surface area (Å²) in [6, 6.07) is 6.17. The largest absolute Gasteiger partial charge is 0.360 e. The van der Waals surface area contributed by atoms with Gasteiger partial charge in [0, 0.05) is 30.3 Å². The quantitative estimate of drug-likeness (QED) is 0.787. The third-order valence-corrected chi connectivity index (χ3v) is 3.45. The smallest absolute Gasteiger partial charge is 0.241 e. The van der Waals surface area contributed by atoms with Gasteiger partial charge < -0.3 is 9.80 Å². The molecule has 0 bridgehead atoms. The number of nitrogens with zero attached hydrogens (tertiary/aromatic N) is 2. The van der Waals surface area contributed by atoms with Crippen LogP contribution in [0.25, 0.3) is 0 Å². The van der Waals surface area contributed by atoms with Crippen molar-refractivity contribution in [1.82, 2.24) is 4.90 Å². The van der Waals surface area contributed by atoms with Crippen LogP contribution < -0.4 is 4.90 Å². The van der Waals surface area contributed by atoms with Gasteiger partial charge in [-0.3, -0.25) is 4.79 Å². The first-order chi connectivity index (χ1) is 7.58. The highest BCUT2D eigenvalue weighted by atomic mass is 79.9. The Labute approximate surface area is 104 Å². The van der Waals surface area contributed by atoms with Crippen LogP contribution in [0.1, 0.15) is 5.56 Å². The van der Waals surface area contributed by atoms with Crippen LogP contribution in [-0.4, -0.2) is 37.5 Å². The minimum absolute atomic E-state index is 0.188. The number of hydrogen-bond acceptors (Lipinski definition) is 2. The summed E-state index contributed by atoms with van der Waals surface area (Å²) in [5, 5.41) is 0. The first-order valence-electron chi connectivity index (χ1n) is 5.33. The lowest BCUT2D eigenvalue weighted by atomic mass is 10.1. The number of aryl methyl sites for hydroxylation is 1. The Balaban J connectivity index is 2.22. The van der Waals surface area contributed by atoms with E-state index in [1.165, 1.54) is 5.56 Å². The zero-order valence-electron chi connectivity index (χ0n) is 9.53. The van der Waals surface area contributed by atoms with Gasteiger partial charge in [0.1, 0.15) is 0 Å². The van der Waals surface area contributed by atoms with Crippen molar-refractivity contribution in [2.45, 2.75) is 6.92 Å². The summed E-state index contributed by atoms with van der Waals surface area (Å²) >= 11 is 3.45. The number of amides is 1. The molecule has 3 nitrogen and oxygen atoms in total. The Hall–Kier alpha value is -1.03. The van der Waals surface area contributed by atoms with E-state index in [1.54, 1.807) is 4.90 Å². The Morgan fingerprint density at radius 1 is 1.31 bits per heavy atom. The number of halogens is 1. The molecule has 0 radical (unpaired) electrons. The molecule has 86 valence electrons. The molecule has 1 aliphatic heterocycles. The van der Waals surface area contributed by atoms with Crippen LogP contribution in [0.4, 0.5) is 5.69 Å². The highest BCUT2D eigenvalue weighted by molar-refractivity contribution is 9.10. The number of hydrogen-bond donors (Lipinski definition) is 0. The fraction of sp³-hybridized carbons (Fsp3) is 0.417. The van der Waals surface area contributed by atoms with E-state index in [0.29, 0.717) is 6.54 Å². The summed E-state index contributed by atoms with van der Waals surface area (Å²) in [6.07, 6.45) is 0. The summed E-state index contributed by atoms with van der Waals surface area (Å²) in [5.41, 5.74) is 2.36. The van der Waals surface area contributed by atoms with Crippen molar-refractivity contribution >= 4 is 27.5 Å². The van der Waals surface area contributed by atoms with Gasteiger partial charge in [0.25, 0.3) is 0 Å². The molecule has 2 rings (SSSR count). The van der Waals surface area contributed by atoms with E-state index in [4.69, 9.17) is 0 Å². The molecule has 1 saturated heterocycles. The van der Waals surface area contributed by atoms with Crippen molar-refractivity contribution in [1.29, 1.82) is 0 Å². The number of benzene rings is 1. The second kappa shape index (κ2) is 4.45. The van der Waals surface area contributed by atoms with Crippen molar-refractivity contribution in [3.63, 3.8) is 0 Å². The van der Waals surface area contributed by atoms with Crippen LogP contribution in [0.15, 0.2) is 22.7 Å². The maximum atomic E-state index is 11.6. The van der Waals surface area contributed by atoms with Crippen molar-refractivity contribution in [2.75, 3.05) is 31.6 Å². The van der Waals surface area contributed by atoms with Gasteiger partial charge in [-0.1, -0.05) is 15.9 Å². The molecule has 0 aromatic heterocycles. The number of carbonyl (C=O) groups excluding carboxylic acids is 1. The fourth-order valence-corrected chi connectivity index (χ4v) is 2.41. The van der Waals surface area contributed by atoms with Gasteiger partial charge >= 0.3 is 0 Å². The lowest BCUT2D eigenvalue weighted by Crippen LogP contribution is -2.48. The lowest BCUT2D eigenvalue weighted by Gasteiger charge is -2.34. The highest BCUT2D eigenvalue weighted by Crippen LogP contribution is 2.24. The molecule has 1 aromatic rings. The van der Waals surface area contributed by atoms with E-state index in [9.17, 15) is 4.79 Å². The van der Waals surface area contributed by atoms with Crippen molar-refractivity contribution in [2.24, 2.45) is 0 Å². The van der Waals surface area contributed by atoms with Crippen LogP contribution in [-0.2, 0) is 4.79 Å². The van der Waals surface area contributed by atoms with Gasteiger partial charge in [-0.15, -0.1) is 0 Å². The first-order valence-corrected chi connectivity index (χ1v) is 6.12. The summed E-state index contributed by atoms with van der Waals surface area (Å²) in [7, 11) is 1.86. The SMILES string of the molecule is Cc1cc(Br)ccc1N1CCN(C)C(=O)C1. The fourth-order valence-electron chi connectivity index (χ4n) is 1.94. The van der Waals surface area contributed by atoms with E-state index >= 15 is 0 Å². The Bertz CT molecular complexity index is 419. The molecule has 0 aliphatic carbocycles. The van der Waals surface area contributed by atoms with Crippen LogP contribution in [0.3, 0.4) is 0 Å². The normalized spacial score (nSPS) is 16.8. The van der Waals surface area contributed by atoms with Gasteiger partial charge in [-0.2, -0.15) is 0 Å². The predicted octanol–water partition coefficient (Wildman–Crippen LogP) is 2.04. The molecule has 1 aliphatic rings. The van der Waals surface area contributed by atoms with Crippen LogP contribution in [0.5, 0.6) is 0 Å². The minimum atomic E-state index is 0.188. The molecular weight excluding hydrogens is 268 g/mol. The van der Waals surface area contributed by atoms with Crippen molar-refractivity contribution < 1.29 is 4.79 Å². The summed E-state index contributed by atoms with van der Waals surface area (Å²) in [5.74, 6) is 0.188.